The number of nitriles is 1. The fourth-order valence-electron chi connectivity index (χ4n) is 3.92. The zero-order valence-corrected chi connectivity index (χ0v) is 16.1. The van der Waals surface area contributed by atoms with Crippen molar-refractivity contribution in [2.45, 2.75) is 31.9 Å². The molecule has 0 radical (unpaired) electrons. The second-order valence-corrected chi connectivity index (χ2v) is 7.39. The van der Waals surface area contributed by atoms with Gasteiger partial charge in [-0.2, -0.15) is 18.4 Å². The first-order valence-corrected chi connectivity index (χ1v) is 9.50. The van der Waals surface area contributed by atoms with Crippen molar-refractivity contribution in [2.75, 3.05) is 18.0 Å². The molecule has 2 aromatic heterocycles. The minimum absolute atomic E-state index is 0.112. The second-order valence-electron chi connectivity index (χ2n) is 7.39. The van der Waals surface area contributed by atoms with Gasteiger partial charge in [0.05, 0.1) is 17.2 Å². The third kappa shape index (κ3) is 3.61. The Kier molecular flexibility index (Phi) is 4.94. The summed E-state index contributed by atoms with van der Waals surface area (Å²) in [5.74, 6) is 0.184. The van der Waals surface area contributed by atoms with Crippen molar-refractivity contribution < 1.29 is 18.0 Å². The van der Waals surface area contributed by atoms with E-state index in [4.69, 9.17) is 0 Å². The van der Waals surface area contributed by atoms with Crippen molar-refractivity contribution in [3.8, 4) is 6.07 Å². The van der Waals surface area contributed by atoms with Gasteiger partial charge in [-0.15, -0.1) is 10.2 Å². The molecular weight excluding hydrogens is 395 g/mol. The van der Waals surface area contributed by atoms with E-state index >= 15 is 0 Å². The zero-order valence-electron chi connectivity index (χ0n) is 16.1. The van der Waals surface area contributed by atoms with Crippen LogP contribution in [0.3, 0.4) is 0 Å². The highest BCUT2D eigenvalue weighted by atomic mass is 19.4. The lowest BCUT2D eigenvalue weighted by Crippen LogP contribution is -2.36. The Morgan fingerprint density at radius 3 is 2.73 bits per heavy atom. The minimum Gasteiger partial charge on any atom is -0.370 e. The van der Waals surface area contributed by atoms with Crippen LogP contribution in [0.25, 0.3) is 5.65 Å². The van der Waals surface area contributed by atoms with E-state index in [-0.39, 0.29) is 11.7 Å². The Bertz CT molecular complexity index is 1160. The van der Waals surface area contributed by atoms with Crippen molar-refractivity contribution >= 4 is 17.1 Å². The Hall–Kier alpha value is -3.41. The number of ketones is 1. The molecule has 1 atom stereocenters. The molecule has 1 unspecified atom stereocenters. The largest absolute Gasteiger partial charge is 0.417 e. The average molecular weight is 413 g/mol. The summed E-state index contributed by atoms with van der Waals surface area (Å²) in [6.45, 7) is 2.61. The summed E-state index contributed by atoms with van der Waals surface area (Å²) in [5, 5.41) is 17.4. The number of hydrogen-bond donors (Lipinski definition) is 0. The summed E-state index contributed by atoms with van der Waals surface area (Å²) in [7, 11) is 0. The highest BCUT2D eigenvalue weighted by molar-refractivity contribution is 6.00. The van der Waals surface area contributed by atoms with Crippen LogP contribution in [0, 0.1) is 11.3 Å². The number of piperidine rings is 1. The summed E-state index contributed by atoms with van der Waals surface area (Å²) in [6, 6.07) is 9.32. The second kappa shape index (κ2) is 7.44. The van der Waals surface area contributed by atoms with Crippen LogP contribution in [-0.4, -0.2) is 33.5 Å². The molecule has 6 nitrogen and oxygen atoms in total. The van der Waals surface area contributed by atoms with Crippen molar-refractivity contribution in [3.05, 3.63) is 59.0 Å². The quantitative estimate of drug-likeness (QED) is 0.602. The number of rotatable bonds is 3. The number of carbonyl (C=O) groups is 1. The topological polar surface area (TPSA) is 74.3 Å². The molecule has 0 spiro atoms. The molecule has 0 bridgehead atoms. The van der Waals surface area contributed by atoms with Crippen LogP contribution >= 0.6 is 0 Å². The fourth-order valence-corrected chi connectivity index (χ4v) is 3.92. The third-order valence-corrected chi connectivity index (χ3v) is 5.39. The SMILES string of the molecule is CC(=O)c1ccc(C#N)cc1N1CCCC(c2nnc3ccc(C(F)(F)F)cn23)C1. The standard InChI is InChI=1S/C21H18F3N5O/c1-13(30)17-6-4-14(10-25)9-18(17)28-8-2-3-15(11-28)20-27-26-19-7-5-16(12-29(19)20)21(22,23)24/h4-7,9,12,15H,2-3,8,11H2,1H3. The molecule has 1 aliphatic rings. The molecule has 0 saturated carbocycles. The third-order valence-electron chi connectivity index (χ3n) is 5.39. The van der Waals surface area contributed by atoms with E-state index < -0.39 is 11.7 Å². The molecule has 9 heteroatoms. The molecular formula is C21H18F3N5O. The number of alkyl halides is 3. The van der Waals surface area contributed by atoms with Crippen LogP contribution < -0.4 is 4.90 Å². The zero-order chi connectivity index (χ0) is 21.5. The maximum Gasteiger partial charge on any atom is 0.417 e. The van der Waals surface area contributed by atoms with Crippen LogP contribution in [0.15, 0.2) is 36.5 Å². The summed E-state index contributed by atoms with van der Waals surface area (Å²) in [4.78, 5) is 14.1. The molecule has 1 aromatic carbocycles. The van der Waals surface area contributed by atoms with E-state index in [0.717, 1.165) is 25.1 Å². The number of nitrogens with zero attached hydrogens (tertiary/aromatic N) is 5. The molecule has 30 heavy (non-hydrogen) atoms. The molecule has 154 valence electrons. The van der Waals surface area contributed by atoms with Crippen molar-refractivity contribution in [2.24, 2.45) is 0 Å². The number of hydrogen-bond acceptors (Lipinski definition) is 5. The van der Waals surface area contributed by atoms with E-state index in [0.29, 0.717) is 41.4 Å². The summed E-state index contributed by atoms with van der Waals surface area (Å²) in [6.07, 6.45) is -1.92. The van der Waals surface area contributed by atoms with Gasteiger partial charge in [0.25, 0.3) is 0 Å². The first-order chi connectivity index (χ1) is 14.3. The number of fused-ring (bicyclic) bond motifs is 1. The smallest absolute Gasteiger partial charge is 0.370 e. The van der Waals surface area contributed by atoms with E-state index in [9.17, 15) is 23.2 Å². The van der Waals surface area contributed by atoms with Crippen LogP contribution in [0.4, 0.5) is 18.9 Å². The van der Waals surface area contributed by atoms with E-state index in [1.165, 1.54) is 17.4 Å². The first kappa shape index (κ1) is 19.9. The Labute approximate surface area is 170 Å². The average Bonchev–Trinajstić information content (AvgIpc) is 3.16. The predicted octanol–water partition coefficient (Wildman–Crippen LogP) is 4.21. The molecule has 0 aliphatic carbocycles. The maximum absolute atomic E-state index is 13.2. The molecule has 4 rings (SSSR count). The summed E-state index contributed by atoms with van der Waals surface area (Å²) in [5.41, 5.74) is 1.21. The Balaban J connectivity index is 1.71. The van der Waals surface area contributed by atoms with Gasteiger partial charge in [0.15, 0.2) is 11.4 Å². The number of Topliss-reactive ketones (excluding diaryl/α,β-unsaturated/α-hetero) is 1. The summed E-state index contributed by atoms with van der Waals surface area (Å²) >= 11 is 0. The van der Waals surface area contributed by atoms with Crippen molar-refractivity contribution in [1.82, 2.24) is 14.6 Å². The monoisotopic (exact) mass is 413 g/mol. The number of pyridine rings is 1. The molecule has 1 aliphatic heterocycles. The number of carbonyl (C=O) groups excluding carboxylic acids is 1. The van der Waals surface area contributed by atoms with Gasteiger partial charge in [-0.05, 0) is 50.1 Å². The Morgan fingerprint density at radius 2 is 2.03 bits per heavy atom. The van der Waals surface area contributed by atoms with Gasteiger partial charge < -0.3 is 4.90 Å². The van der Waals surface area contributed by atoms with Gasteiger partial charge in [-0.3, -0.25) is 9.20 Å². The lowest BCUT2D eigenvalue weighted by molar-refractivity contribution is -0.137. The van der Waals surface area contributed by atoms with Gasteiger partial charge in [-0.1, -0.05) is 0 Å². The fraction of sp³-hybridized carbons (Fsp3) is 0.333. The number of benzene rings is 1. The number of aromatic nitrogens is 3. The Morgan fingerprint density at radius 1 is 1.23 bits per heavy atom. The van der Waals surface area contributed by atoms with Crippen LogP contribution in [0.1, 0.15) is 53.0 Å². The van der Waals surface area contributed by atoms with Gasteiger partial charge in [0.1, 0.15) is 5.82 Å². The minimum atomic E-state index is -4.46. The lowest BCUT2D eigenvalue weighted by Gasteiger charge is -2.34. The van der Waals surface area contributed by atoms with Crippen LogP contribution in [0.2, 0.25) is 0 Å². The number of halogens is 3. The van der Waals surface area contributed by atoms with Gasteiger partial charge >= 0.3 is 6.18 Å². The highest BCUT2D eigenvalue weighted by Crippen LogP contribution is 2.33. The molecule has 3 aromatic rings. The van der Waals surface area contributed by atoms with Gasteiger partial charge in [-0.25, -0.2) is 0 Å². The highest BCUT2D eigenvalue weighted by Gasteiger charge is 2.32. The van der Waals surface area contributed by atoms with E-state index in [1.54, 1.807) is 18.2 Å². The normalized spacial score (nSPS) is 17.2. The van der Waals surface area contributed by atoms with E-state index in [2.05, 4.69) is 16.3 Å². The van der Waals surface area contributed by atoms with Gasteiger partial charge in [0.2, 0.25) is 0 Å². The van der Waals surface area contributed by atoms with Crippen LogP contribution in [-0.2, 0) is 6.18 Å². The van der Waals surface area contributed by atoms with E-state index in [1.807, 2.05) is 4.90 Å². The molecule has 3 heterocycles. The molecule has 0 amide bonds. The summed E-state index contributed by atoms with van der Waals surface area (Å²) < 4.78 is 40.8. The first-order valence-electron chi connectivity index (χ1n) is 9.50. The maximum atomic E-state index is 13.2. The molecule has 0 N–H and O–H groups in total. The predicted molar refractivity (Wildman–Crippen MR) is 103 cm³/mol. The van der Waals surface area contributed by atoms with Gasteiger partial charge in [0, 0.05) is 36.5 Å². The lowest BCUT2D eigenvalue weighted by atomic mass is 9.95. The molecule has 1 saturated heterocycles. The number of anilines is 1. The van der Waals surface area contributed by atoms with Crippen LogP contribution in [0.5, 0.6) is 0 Å². The molecule has 1 fully saturated rings. The van der Waals surface area contributed by atoms with Crippen molar-refractivity contribution in [3.63, 3.8) is 0 Å². The van der Waals surface area contributed by atoms with Crippen molar-refractivity contribution in [1.29, 1.82) is 5.26 Å².